The smallest absolute Gasteiger partial charge is 0.254 e. The van der Waals surface area contributed by atoms with Gasteiger partial charge in [0.15, 0.2) is 0 Å². The maximum Gasteiger partial charge on any atom is 0.254 e. The summed E-state index contributed by atoms with van der Waals surface area (Å²) in [7, 11) is 0. The number of nitrogens with one attached hydrogen (secondary N) is 1. The summed E-state index contributed by atoms with van der Waals surface area (Å²) < 4.78 is 1.80. The van der Waals surface area contributed by atoms with Crippen LogP contribution in [0.5, 0.6) is 0 Å². The molecule has 5 heteroatoms. The van der Waals surface area contributed by atoms with E-state index in [4.69, 9.17) is 0 Å². The lowest BCUT2D eigenvalue weighted by Crippen LogP contribution is -2.39. The van der Waals surface area contributed by atoms with E-state index in [0.29, 0.717) is 18.7 Å². The van der Waals surface area contributed by atoms with Crippen molar-refractivity contribution in [3.05, 3.63) is 53.9 Å². The lowest BCUT2D eigenvalue weighted by atomic mass is 9.99. The van der Waals surface area contributed by atoms with E-state index >= 15 is 0 Å². The van der Waals surface area contributed by atoms with Crippen molar-refractivity contribution in [2.24, 2.45) is 5.92 Å². The molecule has 0 radical (unpaired) electrons. The van der Waals surface area contributed by atoms with Crippen LogP contribution in [0.3, 0.4) is 0 Å². The summed E-state index contributed by atoms with van der Waals surface area (Å²) in [6, 6.07) is 10.1. The largest absolute Gasteiger partial charge is 0.351 e. The first-order chi connectivity index (χ1) is 11.7. The fourth-order valence-corrected chi connectivity index (χ4v) is 3.05. The van der Waals surface area contributed by atoms with Gasteiger partial charge in [-0.25, -0.2) is 0 Å². The Balaban J connectivity index is 1.44. The SMILES string of the molecule is CC1CCN(CCNC(=O)c2cnn(Cc3ccccc3)c2)CC1. The molecule has 3 rings (SSSR count). The summed E-state index contributed by atoms with van der Waals surface area (Å²) in [5.74, 6) is 0.797. The molecule has 1 N–H and O–H groups in total. The molecule has 0 atom stereocenters. The van der Waals surface area contributed by atoms with Gasteiger partial charge in [0, 0.05) is 19.3 Å². The number of hydrogen-bond donors (Lipinski definition) is 1. The Hall–Kier alpha value is -2.14. The molecule has 1 amide bonds. The Morgan fingerprint density at radius 1 is 1.25 bits per heavy atom. The molecule has 1 aromatic heterocycles. The summed E-state index contributed by atoms with van der Waals surface area (Å²) in [5, 5.41) is 7.28. The van der Waals surface area contributed by atoms with Gasteiger partial charge in [0.05, 0.1) is 18.3 Å². The van der Waals surface area contributed by atoms with Crippen LogP contribution in [0.4, 0.5) is 0 Å². The van der Waals surface area contributed by atoms with Crippen LogP contribution in [0.25, 0.3) is 0 Å². The van der Waals surface area contributed by atoms with Crippen LogP contribution in [0, 0.1) is 5.92 Å². The zero-order chi connectivity index (χ0) is 16.8. The summed E-state index contributed by atoms with van der Waals surface area (Å²) in [6.45, 7) is 6.90. The van der Waals surface area contributed by atoms with Gasteiger partial charge in [0.2, 0.25) is 0 Å². The molecule has 0 aliphatic carbocycles. The number of carbonyl (C=O) groups excluding carboxylic acids is 1. The molecule has 0 bridgehead atoms. The predicted octanol–water partition coefficient (Wildman–Crippen LogP) is 2.39. The maximum atomic E-state index is 12.2. The minimum atomic E-state index is -0.0420. The Bertz CT molecular complexity index is 644. The number of likely N-dealkylation sites (tertiary alicyclic amines) is 1. The van der Waals surface area contributed by atoms with E-state index < -0.39 is 0 Å². The van der Waals surface area contributed by atoms with Gasteiger partial charge in [-0.15, -0.1) is 0 Å². The first kappa shape index (κ1) is 16.7. The van der Waals surface area contributed by atoms with Gasteiger partial charge in [-0.3, -0.25) is 9.48 Å². The summed E-state index contributed by atoms with van der Waals surface area (Å²) in [5.41, 5.74) is 1.80. The Kier molecular flexibility index (Phi) is 5.64. The van der Waals surface area contributed by atoms with Gasteiger partial charge >= 0.3 is 0 Å². The van der Waals surface area contributed by atoms with Crippen LogP contribution in [-0.4, -0.2) is 46.8 Å². The molecule has 1 fully saturated rings. The molecule has 2 aromatic rings. The third-order valence-electron chi connectivity index (χ3n) is 4.67. The number of piperidine rings is 1. The molecule has 1 saturated heterocycles. The highest BCUT2D eigenvalue weighted by molar-refractivity contribution is 5.93. The molecular formula is C19H26N4O. The molecule has 24 heavy (non-hydrogen) atoms. The first-order valence-corrected chi connectivity index (χ1v) is 8.77. The van der Waals surface area contributed by atoms with Gasteiger partial charge in [0.25, 0.3) is 5.91 Å². The third-order valence-corrected chi connectivity index (χ3v) is 4.67. The van der Waals surface area contributed by atoms with Crippen LogP contribution >= 0.6 is 0 Å². The minimum absolute atomic E-state index is 0.0420. The Morgan fingerprint density at radius 3 is 2.75 bits per heavy atom. The average Bonchev–Trinajstić information content (AvgIpc) is 3.06. The van der Waals surface area contributed by atoms with Gasteiger partial charge in [-0.1, -0.05) is 37.3 Å². The molecule has 1 aliphatic heterocycles. The second kappa shape index (κ2) is 8.11. The highest BCUT2D eigenvalue weighted by Gasteiger charge is 2.15. The summed E-state index contributed by atoms with van der Waals surface area (Å²) >= 11 is 0. The minimum Gasteiger partial charge on any atom is -0.351 e. The van der Waals surface area contributed by atoms with Gasteiger partial charge in [0.1, 0.15) is 0 Å². The molecule has 0 unspecified atom stereocenters. The van der Waals surface area contributed by atoms with Crippen molar-refractivity contribution >= 4 is 5.91 Å². The Morgan fingerprint density at radius 2 is 2.00 bits per heavy atom. The molecule has 0 saturated carbocycles. The van der Waals surface area contributed by atoms with E-state index in [2.05, 4.69) is 34.4 Å². The van der Waals surface area contributed by atoms with Crippen LogP contribution in [0.1, 0.15) is 35.7 Å². The number of benzene rings is 1. The highest BCUT2D eigenvalue weighted by atomic mass is 16.1. The quantitative estimate of drug-likeness (QED) is 0.887. The molecule has 1 aromatic carbocycles. The molecule has 0 spiro atoms. The highest BCUT2D eigenvalue weighted by Crippen LogP contribution is 2.15. The number of nitrogens with zero attached hydrogens (tertiary/aromatic N) is 3. The molecule has 128 valence electrons. The van der Waals surface area contributed by atoms with E-state index in [1.807, 2.05) is 24.4 Å². The van der Waals surface area contributed by atoms with E-state index in [1.54, 1.807) is 10.9 Å². The first-order valence-electron chi connectivity index (χ1n) is 8.77. The van der Waals surface area contributed by atoms with E-state index in [-0.39, 0.29) is 5.91 Å². The third kappa shape index (κ3) is 4.68. The lowest BCUT2D eigenvalue weighted by molar-refractivity contribution is 0.0944. The van der Waals surface area contributed by atoms with Crippen molar-refractivity contribution in [1.82, 2.24) is 20.0 Å². The molecule has 5 nitrogen and oxygen atoms in total. The van der Waals surface area contributed by atoms with Gasteiger partial charge < -0.3 is 10.2 Å². The van der Waals surface area contributed by atoms with E-state index in [9.17, 15) is 4.79 Å². The standard InChI is InChI=1S/C19H26N4O/c1-16-7-10-22(11-8-16)12-9-20-19(24)18-13-21-23(15-18)14-17-5-3-2-4-6-17/h2-6,13,15-16H,7-12,14H2,1H3,(H,20,24). The van der Waals surface area contributed by atoms with Crippen molar-refractivity contribution in [2.45, 2.75) is 26.3 Å². The maximum absolute atomic E-state index is 12.2. The number of aromatic nitrogens is 2. The predicted molar refractivity (Wildman–Crippen MR) is 94.9 cm³/mol. The zero-order valence-corrected chi connectivity index (χ0v) is 14.3. The van der Waals surface area contributed by atoms with Gasteiger partial charge in [-0.2, -0.15) is 5.10 Å². The topological polar surface area (TPSA) is 50.2 Å². The van der Waals surface area contributed by atoms with Crippen molar-refractivity contribution in [3.63, 3.8) is 0 Å². The van der Waals surface area contributed by atoms with E-state index in [0.717, 1.165) is 25.6 Å². The van der Waals surface area contributed by atoms with Crippen LogP contribution in [0.2, 0.25) is 0 Å². The van der Waals surface area contributed by atoms with Crippen molar-refractivity contribution < 1.29 is 4.79 Å². The van der Waals surface area contributed by atoms with Crippen molar-refractivity contribution in [3.8, 4) is 0 Å². The van der Waals surface area contributed by atoms with Gasteiger partial charge in [-0.05, 0) is 37.4 Å². The second-order valence-corrected chi connectivity index (χ2v) is 6.69. The molecule has 1 aliphatic rings. The normalized spacial score (nSPS) is 16.2. The molecular weight excluding hydrogens is 300 g/mol. The summed E-state index contributed by atoms with van der Waals surface area (Å²) in [6.07, 6.45) is 5.98. The van der Waals surface area contributed by atoms with Crippen LogP contribution in [-0.2, 0) is 6.54 Å². The van der Waals surface area contributed by atoms with Crippen LogP contribution < -0.4 is 5.32 Å². The van der Waals surface area contributed by atoms with Crippen molar-refractivity contribution in [1.29, 1.82) is 0 Å². The average molecular weight is 326 g/mol. The Labute approximate surface area is 143 Å². The second-order valence-electron chi connectivity index (χ2n) is 6.69. The van der Waals surface area contributed by atoms with E-state index in [1.165, 1.54) is 18.4 Å². The number of carbonyl (C=O) groups is 1. The summed E-state index contributed by atoms with van der Waals surface area (Å²) in [4.78, 5) is 14.7. The number of amides is 1. The van der Waals surface area contributed by atoms with Crippen molar-refractivity contribution in [2.75, 3.05) is 26.2 Å². The molecule has 2 heterocycles. The fourth-order valence-electron chi connectivity index (χ4n) is 3.05. The monoisotopic (exact) mass is 326 g/mol. The van der Waals surface area contributed by atoms with Crippen LogP contribution in [0.15, 0.2) is 42.7 Å². The number of rotatable bonds is 6. The lowest BCUT2D eigenvalue weighted by Gasteiger charge is -2.30. The zero-order valence-electron chi connectivity index (χ0n) is 14.3. The fraction of sp³-hybridized carbons (Fsp3) is 0.474. The number of hydrogen-bond acceptors (Lipinski definition) is 3.